The third-order valence-electron chi connectivity index (χ3n) is 4.19. The topological polar surface area (TPSA) is 112 Å². The minimum Gasteiger partial charge on any atom is -0.444 e. The fraction of sp³-hybridized carbons (Fsp3) is 0.895. The molecule has 9 nitrogen and oxygen atoms in total. The van der Waals surface area contributed by atoms with Gasteiger partial charge >= 0.3 is 6.09 Å². The number of carbonyl (C=O) groups excluding carboxylic acids is 1. The van der Waals surface area contributed by atoms with E-state index in [0.717, 1.165) is 12.4 Å². The first-order valence-corrected chi connectivity index (χ1v) is 11.8. The molecular weight excluding hydrogens is 394 g/mol. The lowest BCUT2D eigenvalue weighted by Gasteiger charge is -2.28. The van der Waals surface area contributed by atoms with Gasteiger partial charge in [-0.1, -0.05) is 13.8 Å². The van der Waals surface area contributed by atoms with Crippen molar-refractivity contribution in [3.05, 3.63) is 0 Å². The van der Waals surface area contributed by atoms with E-state index in [1.54, 1.807) is 14.0 Å². The highest BCUT2D eigenvalue weighted by molar-refractivity contribution is 7.89. The molecule has 0 spiro atoms. The van der Waals surface area contributed by atoms with Crippen molar-refractivity contribution in [3.63, 3.8) is 0 Å². The van der Waals surface area contributed by atoms with Crippen LogP contribution < -0.4 is 15.4 Å². The molecule has 0 aromatic rings. The summed E-state index contributed by atoms with van der Waals surface area (Å²) in [6.07, 6.45) is 0.988. The fourth-order valence-corrected chi connectivity index (χ4v) is 3.13. The third kappa shape index (κ3) is 13.3. The number of hydrogen-bond acceptors (Lipinski definition) is 5. The molecular formula is C19H41N5O4S. The lowest BCUT2D eigenvalue weighted by molar-refractivity contribution is 0.0485. The normalized spacial score (nSPS) is 13.9. The average molecular weight is 436 g/mol. The maximum Gasteiger partial charge on any atom is 0.407 e. The molecule has 0 aromatic carbocycles. The summed E-state index contributed by atoms with van der Waals surface area (Å²) in [5, 5.41) is 6.18. The number of sulfonamides is 1. The highest BCUT2D eigenvalue weighted by Gasteiger charge is 2.22. The molecule has 1 atom stereocenters. The minimum atomic E-state index is -3.15. The molecule has 3 N–H and O–H groups in total. The molecule has 0 aliphatic rings. The lowest BCUT2D eigenvalue weighted by Crippen LogP contribution is -2.45. The second kappa shape index (κ2) is 12.9. The van der Waals surface area contributed by atoms with Crippen LogP contribution in [0.5, 0.6) is 0 Å². The standard InChI is InChI=1S/C19H41N5O4S/c1-9-29(26,27)22-13-10-12-21-17(20-7)24(8)14-11-16(15(2)3)23-18(25)28-19(4,5)6/h15-16,22H,9-14H2,1-8H3,(H,20,21)(H,23,25). The Kier molecular flexibility index (Phi) is 12.2. The van der Waals surface area contributed by atoms with Crippen LogP contribution in [0.4, 0.5) is 4.79 Å². The molecule has 10 heteroatoms. The summed E-state index contributed by atoms with van der Waals surface area (Å²) in [4.78, 5) is 18.3. The molecule has 1 amide bonds. The van der Waals surface area contributed by atoms with E-state index in [1.807, 2.05) is 32.7 Å². The zero-order valence-electron chi connectivity index (χ0n) is 19.3. The van der Waals surface area contributed by atoms with Crippen LogP contribution in [0, 0.1) is 5.92 Å². The maximum atomic E-state index is 12.1. The first kappa shape index (κ1) is 27.5. The molecule has 29 heavy (non-hydrogen) atoms. The summed E-state index contributed by atoms with van der Waals surface area (Å²) in [6, 6.07) is -0.0196. The Labute approximate surface area is 177 Å². The molecule has 0 aliphatic heterocycles. The van der Waals surface area contributed by atoms with Gasteiger partial charge in [0.1, 0.15) is 5.60 Å². The van der Waals surface area contributed by atoms with E-state index in [-0.39, 0.29) is 17.7 Å². The summed E-state index contributed by atoms with van der Waals surface area (Å²) in [6.45, 7) is 12.9. The van der Waals surface area contributed by atoms with Crippen LogP contribution in [0.25, 0.3) is 0 Å². The summed E-state index contributed by atoms with van der Waals surface area (Å²) >= 11 is 0. The van der Waals surface area contributed by atoms with Crippen molar-refractivity contribution in [2.24, 2.45) is 10.9 Å². The zero-order valence-corrected chi connectivity index (χ0v) is 20.1. The van der Waals surface area contributed by atoms with Gasteiger partial charge in [0.2, 0.25) is 10.0 Å². The average Bonchev–Trinajstić information content (AvgIpc) is 2.59. The Bertz CT molecular complexity index is 615. The molecule has 172 valence electrons. The number of ether oxygens (including phenoxy) is 1. The van der Waals surface area contributed by atoms with Crippen LogP contribution in [-0.4, -0.2) is 76.5 Å². The summed E-state index contributed by atoms with van der Waals surface area (Å²) < 4.78 is 30.7. The zero-order chi connectivity index (χ0) is 22.7. The Hall–Kier alpha value is -1.55. The SMILES string of the molecule is CCS(=O)(=O)NCCCNC(=NC)N(C)CCC(NC(=O)OC(C)(C)C)C(C)C. The van der Waals surface area contributed by atoms with E-state index in [2.05, 4.69) is 34.2 Å². The first-order valence-electron chi connectivity index (χ1n) is 10.2. The lowest BCUT2D eigenvalue weighted by atomic mass is 10.0. The Morgan fingerprint density at radius 3 is 2.31 bits per heavy atom. The third-order valence-corrected chi connectivity index (χ3v) is 5.60. The van der Waals surface area contributed by atoms with Crippen LogP contribution in [-0.2, 0) is 14.8 Å². The fourth-order valence-electron chi connectivity index (χ4n) is 2.47. The van der Waals surface area contributed by atoms with E-state index in [9.17, 15) is 13.2 Å². The number of nitrogens with zero attached hydrogens (tertiary/aromatic N) is 2. The van der Waals surface area contributed by atoms with Crippen molar-refractivity contribution >= 4 is 22.1 Å². The van der Waals surface area contributed by atoms with Crippen LogP contribution in [0.2, 0.25) is 0 Å². The number of carbonyl (C=O) groups is 1. The van der Waals surface area contributed by atoms with Crippen molar-refractivity contribution in [3.8, 4) is 0 Å². The largest absolute Gasteiger partial charge is 0.444 e. The molecule has 0 heterocycles. The van der Waals surface area contributed by atoms with E-state index >= 15 is 0 Å². The molecule has 0 saturated carbocycles. The molecule has 0 aliphatic carbocycles. The van der Waals surface area contributed by atoms with E-state index in [0.29, 0.717) is 26.1 Å². The number of nitrogens with one attached hydrogen (secondary N) is 3. The van der Waals surface area contributed by atoms with E-state index in [1.165, 1.54) is 0 Å². The number of alkyl carbamates (subject to hydrolysis) is 1. The summed E-state index contributed by atoms with van der Waals surface area (Å²) in [7, 11) is 0.483. The van der Waals surface area contributed by atoms with Gasteiger partial charge in [0.25, 0.3) is 0 Å². The van der Waals surface area contributed by atoms with E-state index in [4.69, 9.17) is 4.74 Å². The van der Waals surface area contributed by atoms with Crippen molar-refractivity contribution in [2.45, 2.75) is 66.0 Å². The highest BCUT2D eigenvalue weighted by atomic mass is 32.2. The Morgan fingerprint density at radius 2 is 1.83 bits per heavy atom. The Balaban J connectivity index is 4.46. The first-order chi connectivity index (χ1) is 13.3. The van der Waals surface area contributed by atoms with Gasteiger partial charge in [-0.25, -0.2) is 17.9 Å². The molecule has 0 aromatic heterocycles. The number of rotatable bonds is 11. The van der Waals surface area contributed by atoms with E-state index < -0.39 is 21.7 Å². The van der Waals surface area contributed by atoms with Crippen molar-refractivity contribution in [2.75, 3.05) is 39.5 Å². The molecule has 1 unspecified atom stereocenters. The van der Waals surface area contributed by atoms with Crippen molar-refractivity contribution in [1.82, 2.24) is 20.3 Å². The molecule has 0 rings (SSSR count). The minimum absolute atomic E-state index is 0.0196. The molecule has 0 fully saturated rings. The number of hydrogen-bond donors (Lipinski definition) is 3. The monoisotopic (exact) mass is 435 g/mol. The quantitative estimate of drug-likeness (QED) is 0.259. The van der Waals surface area contributed by atoms with Crippen molar-refractivity contribution < 1.29 is 17.9 Å². The maximum absolute atomic E-state index is 12.1. The van der Waals surface area contributed by atoms with Gasteiger partial charge in [-0.2, -0.15) is 0 Å². The molecule has 0 bridgehead atoms. The highest BCUT2D eigenvalue weighted by Crippen LogP contribution is 2.11. The van der Waals surface area contributed by atoms with Crippen LogP contribution in [0.1, 0.15) is 54.4 Å². The second-order valence-corrected chi connectivity index (χ2v) is 10.4. The second-order valence-electron chi connectivity index (χ2n) is 8.33. The summed E-state index contributed by atoms with van der Waals surface area (Å²) in [5.41, 5.74) is -0.528. The van der Waals surface area contributed by atoms with Gasteiger partial charge in [-0.3, -0.25) is 4.99 Å². The molecule has 0 saturated heterocycles. The predicted molar refractivity (Wildman–Crippen MR) is 119 cm³/mol. The van der Waals surface area contributed by atoms with Crippen LogP contribution in [0.15, 0.2) is 4.99 Å². The predicted octanol–water partition coefficient (Wildman–Crippen LogP) is 1.76. The van der Waals surface area contributed by atoms with Crippen molar-refractivity contribution in [1.29, 1.82) is 0 Å². The van der Waals surface area contributed by atoms with Gasteiger partial charge in [0.15, 0.2) is 5.96 Å². The summed E-state index contributed by atoms with van der Waals surface area (Å²) in [5.74, 6) is 1.07. The Morgan fingerprint density at radius 1 is 1.21 bits per heavy atom. The van der Waals surface area contributed by atoms with Crippen LogP contribution in [0.3, 0.4) is 0 Å². The number of guanidine groups is 1. The van der Waals surface area contributed by atoms with Gasteiger partial charge in [-0.15, -0.1) is 0 Å². The number of aliphatic imine (C=N–C) groups is 1. The van der Waals surface area contributed by atoms with Gasteiger partial charge in [0, 0.05) is 39.8 Å². The van der Waals surface area contributed by atoms with Gasteiger partial charge in [0.05, 0.1) is 5.75 Å². The molecule has 0 radical (unpaired) electrons. The van der Waals surface area contributed by atoms with Gasteiger partial charge in [-0.05, 0) is 46.5 Å². The number of amides is 1. The smallest absolute Gasteiger partial charge is 0.407 e. The van der Waals surface area contributed by atoms with Gasteiger partial charge < -0.3 is 20.3 Å². The van der Waals surface area contributed by atoms with Crippen LogP contribution >= 0.6 is 0 Å².